The second kappa shape index (κ2) is 15.9. The zero-order valence-electron chi connectivity index (χ0n) is 47.7. The van der Waals surface area contributed by atoms with Crippen LogP contribution >= 0.6 is 0 Å². The fraction of sp³-hybridized carbons (Fsp3) is 0.296. The summed E-state index contributed by atoms with van der Waals surface area (Å²) in [4.78, 5) is 5.13. The van der Waals surface area contributed by atoms with E-state index in [1.807, 2.05) is 0 Å². The molecule has 5 heteroatoms. The third-order valence-corrected chi connectivity index (χ3v) is 17.6. The fourth-order valence-electron chi connectivity index (χ4n) is 13.3. The largest absolute Gasteiger partial charge is 0.454 e. The van der Waals surface area contributed by atoms with Gasteiger partial charge in [-0.3, -0.25) is 0 Å². The predicted octanol–water partition coefficient (Wildman–Crippen LogP) is 17.7. The lowest BCUT2D eigenvalue weighted by molar-refractivity contribution is 0.588. The van der Waals surface area contributed by atoms with Crippen molar-refractivity contribution in [2.75, 3.05) is 9.80 Å². The first-order chi connectivity index (χ1) is 35.8. The molecule has 0 N–H and O–H groups in total. The smallest absolute Gasteiger partial charge is 0.252 e. The van der Waals surface area contributed by atoms with E-state index in [4.69, 9.17) is 4.42 Å². The first-order valence-electron chi connectivity index (χ1n) is 27.7. The Morgan fingerprint density at radius 3 is 1.72 bits per heavy atom. The summed E-state index contributed by atoms with van der Waals surface area (Å²) in [6, 6.07) is 56.3. The summed E-state index contributed by atoms with van der Waals surface area (Å²) < 4.78 is 9.83. The van der Waals surface area contributed by atoms with Gasteiger partial charge in [-0.1, -0.05) is 188 Å². The summed E-state index contributed by atoms with van der Waals surface area (Å²) in [5, 5.41) is 3.59. The molecule has 0 saturated carbocycles. The highest BCUT2D eigenvalue weighted by molar-refractivity contribution is 7.00. The van der Waals surface area contributed by atoms with Crippen LogP contribution in [0.3, 0.4) is 0 Å². The first kappa shape index (κ1) is 48.4. The third kappa shape index (κ3) is 6.95. The van der Waals surface area contributed by atoms with Crippen LogP contribution in [0, 0.1) is 13.8 Å². The molecule has 380 valence electrons. The molecule has 0 amide bonds. The van der Waals surface area contributed by atoms with Gasteiger partial charge < -0.3 is 18.8 Å². The molecule has 0 radical (unpaired) electrons. The second-order valence-electron chi connectivity index (χ2n) is 27.2. The van der Waals surface area contributed by atoms with E-state index in [1.165, 1.54) is 106 Å². The zero-order chi connectivity index (χ0) is 53.5. The van der Waals surface area contributed by atoms with E-state index in [0.717, 1.165) is 39.0 Å². The second-order valence-corrected chi connectivity index (χ2v) is 27.2. The highest BCUT2D eigenvalue weighted by Gasteiger charge is 2.49. The van der Waals surface area contributed by atoms with Gasteiger partial charge in [0.15, 0.2) is 5.58 Å². The molecule has 0 atom stereocenters. The molecular formula is C71H72BN3O. The highest BCUT2D eigenvalue weighted by atomic mass is 16.3. The number of anilines is 6. The van der Waals surface area contributed by atoms with Crippen molar-refractivity contribution >= 4 is 90.1 Å². The number of aryl methyl sites for hydroxylation is 2. The Bertz CT molecular complexity index is 4050. The van der Waals surface area contributed by atoms with Crippen LogP contribution < -0.4 is 26.2 Å². The Balaban J connectivity index is 1.18. The number of fused-ring (bicyclic) bond motifs is 12. The van der Waals surface area contributed by atoms with Crippen molar-refractivity contribution in [3.8, 4) is 16.8 Å². The minimum atomic E-state index is -0.251. The van der Waals surface area contributed by atoms with E-state index >= 15 is 0 Å². The minimum Gasteiger partial charge on any atom is -0.454 e. The van der Waals surface area contributed by atoms with Crippen molar-refractivity contribution in [1.82, 2.24) is 4.57 Å². The zero-order valence-corrected chi connectivity index (χ0v) is 47.7. The Morgan fingerprint density at radius 1 is 0.487 bits per heavy atom. The van der Waals surface area contributed by atoms with Crippen molar-refractivity contribution in [1.29, 1.82) is 0 Å². The molecule has 2 aliphatic heterocycles. The standard InChI is InChI=1S/C71H72BN3O/c1-41-34-43(67(3,4)5)28-32-55(41)73(56-33-29-44(35-42(56)2)68(6,7)8)47-30-31-53-58(40-47)74(57-26-21-24-49-48-22-18-20-27-61(48)76-65(49)57)59-38-46(70(12,13)14)39-60-63(59)72(53)54-37-45(69(9,10)11)36-51-62-50-23-17-19-25-52(50)71(15,16)66(62)75(60)64(51)54/h17-40H,1-16H3. The van der Waals surface area contributed by atoms with Crippen LogP contribution in [0.4, 0.5) is 34.1 Å². The summed E-state index contributed by atoms with van der Waals surface area (Å²) in [5.74, 6) is 0. The van der Waals surface area contributed by atoms with Gasteiger partial charge >= 0.3 is 0 Å². The molecule has 76 heavy (non-hydrogen) atoms. The number of nitrogens with zero attached hydrogens (tertiary/aromatic N) is 3. The summed E-state index contributed by atoms with van der Waals surface area (Å²) in [6.07, 6.45) is 0. The summed E-state index contributed by atoms with van der Waals surface area (Å²) in [6.45, 7) is 37.5. The third-order valence-electron chi connectivity index (χ3n) is 17.6. The average molecular weight is 994 g/mol. The van der Waals surface area contributed by atoms with E-state index in [0.29, 0.717) is 0 Å². The van der Waals surface area contributed by atoms with Crippen molar-refractivity contribution < 1.29 is 4.42 Å². The Kier molecular flexibility index (Phi) is 10.1. The fourth-order valence-corrected chi connectivity index (χ4v) is 13.3. The van der Waals surface area contributed by atoms with Gasteiger partial charge in [0.25, 0.3) is 6.71 Å². The molecular weight excluding hydrogens is 922 g/mol. The number of benzene rings is 8. The van der Waals surface area contributed by atoms with Gasteiger partial charge in [-0.25, -0.2) is 0 Å². The van der Waals surface area contributed by atoms with Gasteiger partial charge in [-0.05, 0) is 151 Å². The van der Waals surface area contributed by atoms with E-state index in [-0.39, 0.29) is 33.8 Å². The van der Waals surface area contributed by atoms with Crippen LogP contribution in [0.15, 0.2) is 150 Å². The maximum Gasteiger partial charge on any atom is 0.252 e. The number of furan rings is 1. The molecule has 0 fully saturated rings. The van der Waals surface area contributed by atoms with Crippen molar-refractivity contribution in [3.05, 3.63) is 190 Å². The van der Waals surface area contributed by atoms with Gasteiger partial charge in [0.1, 0.15) is 5.58 Å². The topological polar surface area (TPSA) is 24.6 Å². The van der Waals surface area contributed by atoms with Gasteiger partial charge in [-0.2, -0.15) is 0 Å². The van der Waals surface area contributed by atoms with Crippen LogP contribution in [0.1, 0.15) is 142 Å². The van der Waals surface area contributed by atoms with Gasteiger partial charge in [0.05, 0.1) is 5.69 Å². The van der Waals surface area contributed by atoms with Gasteiger partial charge in [0, 0.05) is 72.5 Å². The van der Waals surface area contributed by atoms with Gasteiger partial charge in [-0.15, -0.1) is 0 Å². The molecule has 0 spiro atoms. The van der Waals surface area contributed by atoms with Crippen LogP contribution in [-0.4, -0.2) is 11.3 Å². The lowest BCUT2D eigenvalue weighted by Gasteiger charge is -2.43. The molecule has 0 unspecified atom stereocenters. The number of hydrogen-bond donors (Lipinski definition) is 0. The summed E-state index contributed by atoms with van der Waals surface area (Å²) in [7, 11) is 0. The monoisotopic (exact) mass is 994 g/mol. The van der Waals surface area contributed by atoms with Crippen LogP contribution in [0.25, 0.3) is 49.7 Å². The molecule has 4 nitrogen and oxygen atoms in total. The number of hydrogen-bond acceptors (Lipinski definition) is 3. The number of para-hydroxylation sites is 2. The molecule has 0 bridgehead atoms. The lowest BCUT2D eigenvalue weighted by atomic mass is 9.33. The Labute approximate surface area is 451 Å². The summed E-state index contributed by atoms with van der Waals surface area (Å²) >= 11 is 0. The van der Waals surface area contributed by atoms with E-state index in [2.05, 4.69) is 271 Å². The van der Waals surface area contributed by atoms with Crippen molar-refractivity contribution in [2.45, 2.75) is 138 Å². The first-order valence-corrected chi connectivity index (χ1v) is 27.7. The van der Waals surface area contributed by atoms with Gasteiger partial charge in [0.2, 0.25) is 0 Å². The average Bonchev–Trinajstić information content (AvgIpc) is 4.07. The van der Waals surface area contributed by atoms with E-state index in [1.54, 1.807) is 0 Å². The van der Waals surface area contributed by atoms with Crippen LogP contribution in [0.5, 0.6) is 0 Å². The Hall–Kier alpha value is -7.24. The molecule has 2 aromatic heterocycles. The van der Waals surface area contributed by atoms with E-state index < -0.39 is 0 Å². The Morgan fingerprint density at radius 2 is 1.08 bits per heavy atom. The van der Waals surface area contributed by atoms with E-state index in [9.17, 15) is 0 Å². The molecule has 10 aromatic rings. The summed E-state index contributed by atoms with van der Waals surface area (Å²) in [5.41, 5.74) is 28.0. The van der Waals surface area contributed by atoms with Crippen molar-refractivity contribution in [3.63, 3.8) is 0 Å². The quantitative estimate of drug-likeness (QED) is 0.164. The lowest BCUT2D eigenvalue weighted by Crippen LogP contribution is -2.61. The minimum absolute atomic E-state index is 0.00932. The molecule has 4 heterocycles. The molecule has 0 saturated heterocycles. The number of aromatic nitrogens is 1. The molecule has 1 aliphatic carbocycles. The highest BCUT2D eigenvalue weighted by Crippen LogP contribution is 2.56. The maximum atomic E-state index is 7.10. The number of rotatable bonds is 4. The predicted molar refractivity (Wildman–Crippen MR) is 326 cm³/mol. The normalized spacial score (nSPS) is 14.6. The SMILES string of the molecule is Cc1cc(C(C)(C)C)ccc1N(c1ccc2c(c1)N(c1cccc3c1oc1ccccc13)c1cc(C(C)(C)C)cc3c1B2c1cc(C(C)(C)C)cc2c4c(n-3c12)C(C)(C)c1ccccc1-4)c1ccc(C(C)(C)C)cc1C. The van der Waals surface area contributed by atoms with Crippen molar-refractivity contribution in [2.24, 2.45) is 0 Å². The molecule has 8 aromatic carbocycles. The maximum absolute atomic E-state index is 7.10. The molecule has 3 aliphatic rings. The van der Waals surface area contributed by atoms with Crippen LogP contribution in [-0.2, 0) is 27.1 Å². The molecule has 13 rings (SSSR count). The van der Waals surface area contributed by atoms with Crippen LogP contribution in [0.2, 0.25) is 0 Å².